The van der Waals surface area contributed by atoms with Gasteiger partial charge in [0.2, 0.25) is 11.8 Å². The predicted molar refractivity (Wildman–Crippen MR) is 154 cm³/mol. The van der Waals surface area contributed by atoms with Gasteiger partial charge in [0.25, 0.3) is 5.91 Å². The summed E-state index contributed by atoms with van der Waals surface area (Å²) >= 11 is 1.86. The molecule has 1 aromatic rings. The van der Waals surface area contributed by atoms with E-state index in [1.54, 1.807) is 4.90 Å². The standard InChI is InChI=1S/C32H45N3O3S/c1-21(32-17-22-13-23(18-32)15-24(14-22)19-32)33-11-5-3-2-4-6-12-39-26-7-8-27-25(16-26)20-35(31(27)38)28-9-10-29(36)34-30(28)37/h7-8,16,21-24,28,33H,2-6,9-15,17-20H2,1H3,(H,34,36,37). The molecule has 2 heterocycles. The fraction of sp³-hybridized carbons (Fsp3) is 0.719. The van der Waals surface area contributed by atoms with E-state index in [2.05, 4.69) is 23.6 Å². The van der Waals surface area contributed by atoms with Crippen molar-refractivity contribution in [3.63, 3.8) is 0 Å². The molecule has 4 aliphatic carbocycles. The molecule has 2 unspecified atom stereocenters. The third-order valence-electron chi connectivity index (χ3n) is 10.5. The summed E-state index contributed by atoms with van der Waals surface area (Å²) in [5.74, 6) is 3.48. The Labute approximate surface area is 237 Å². The lowest BCUT2D eigenvalue weighted by molar-refractivity contribution is -0.136. The second kappa shape index (κ2) is 11.6. The molecule has 7 rings (SSSR count). The molecule has 1 aromatic carbocycles. The Morgan fingerprint density at radius 2 is 1.69 bits per heavy atom. The van der Waals surface area contributed by atoms with E-state index < -0.39 is 6.04 Å². The minimum absolute atomic E-state index is 0.0992. The molecule has 1 saturated heterocycles. The van der Waals surface area contributed by atoms with Gasteiger partial charge in [-0.05, 0) is 124 Å². The molecule has 2 aliphatic heterocycles. The van der Waals surface area contributed by atoms with Crippen LogP contribution in [0.5, 0.6) is 0 Å². The number of amides is 3. The van der Waals surface area contributed by atoms with Crippen LogP contribution < -0.4 is 10.6 Å². The number of piperidine rings is 1. The molecule has 5 fully saturated rings. The Morgan fingerprint density at radius 1 is 1.00 bits per heavy atom. The SMILES string of the molecule is CC(NCCCCCCCSc1ccc2c(c1)CN(C1CCC(=O)NC1=O)C2=O)C12CC3CC(CC(C3)C1)C2. The molecule has 0 radical (unpaired) electrons. The van der Waals surface area contributed by atoms with Crippen molar-refractivity contribution in [1.29, 1.82) is 0 Å². The minimum atomic E-state index is -0.547. The minimum Gasteiger partial charge on any atom is -0.322 e. The molecule has 6 aliphatic rings. The fourth-order valence-corrected chi connectivity index (χ4v) is 9.81. The second-order valence-corrected chi connectivity index (χ2v) is 14.5. The molecule has 4 saturated carbocycles. The third-order valence-corrected chi connectivity index (χ3v) is 11.6. The number of fused-ring (bicyclic) bond motifs is 1. The molecule has 0 spiro atoms. The highest BCUT2D eigenvalue weighted by atomic mass is 32.2. The molecule has 7 heteroatoms. The Hall–Kier alpha value is -1.86. The molecule has 39 heavy (non-hydrogen) atoms. The van der Waals surface area contributed by atoms with Crippen molar-refractivity contribution < 1.29 is 14.4 Å². The molecule has 0 aromatic heterocycles. The third kappa shape index (κ3) is 5.81. The van der Waals surface area contributed by atoms with E-state index in [9.17, 15) is 14.4 Å². The van der Waals surface area contributed by atoms with Crippen LogP contribution >= 0.6 is 11.8 Å². The summed E-state index contributed by atoms with van der Waals surface area (Å²) in [6, 6.07) is 6.19. The molecule has 212 valence electrons. The van der Waals surface area contributed by atoms with Gasteiger partial charge in [0.05, 0.1) is 0 Å². The largest absolute Gasteiger partial charge is 0.322 e. The first-order chi connectivity index (χ1) is 18.9. The first-order valence-electron chi connectivity index (χ1n) is 15.5. The van der Waals surface area contributed by atoms with Crippen molar-refractivity contribution in [2.45, 2.75) is 114 Å². The lowest BCUT2D eigenvalue weighted by Crippen LogP contribution is -2.54. The van der Waals surface area contributed by atoms with Crippen LogP contribution in [-0.2, 0) is 16.1 Å². The van der Waals surface area contributed by atoms with Gasteiger partial charge in [-0.25, -0.2) is 0 Å². The molecular formula is C32H45N3O3S. The van der Waals surface area contributed by atoms with E-state index in [0.717, 1.165) is 29.1 Å². The molecule has 3 amide bonds. The smallest absolute Gasteiger partial charge is 0.255 e. The summed E-state index contributed by atoms with van der Waals surface area (Å²) < 4.78 is 0. The quantitative estimate of drug-likeness (QED) is 0.198. The zero-order valence-corrected chi connectivity index (χ0v) is 24.3. The van der Waals surface area contributed by atoms with Gasteiger partial charge < -0.3 is 10.2 Å². The lowest BCUT2D eigenvalue weighted by atomic mass is 9.48. The molecule has 4 bridgehead atoms. The number of thioether (sulfide) groups is 1. The first kappa shape index (κ1) is 27.3. The summed E-state index contributed by atoms with van der Waals surface area (Å²) in [5, 5.41) is 6.32. The number of imide groups is 1. The van der Waals surface area contributed by atoms with E-state index in [1.165, 1.54) is 82.1 Å². The van der Waals surface area contributed by atoms with Crippen LogP contribution in [0.4, 0.5) is 0 Å². The van der Waals surface area contributed by atoms with E-state index >= 15 is 0 Å². The van der Waals surface area contributed by atoms with Crippen molar-refractivity contribution in [3.05, 3.63) is 29.3 Å². The molecular weight excluding hydrogens is 506 g/mol. The van der Waals surface area contributed by atoms with E-state index in [-0.39, 0.29) is 24.1 Å². The number of unbranched alkanes of at least 4 members (excludes halogenated alkanes) is 4. The number of carbonyl (C=O) groups excluding carboxylic acids is 3. The zero-order valence-electron chi connectivity index (χ0n) is 23.5. The maximum atomic E-state index is 12.9. The summed E-state index contributed by atoms with van der Waals surface area (Å²) in [5.41, 5.74) is 2.29. The number of rotatable bonds is 12. The number of hydrogen-bond acceptors (Lipinski definition) is 5. The van der Waals surface area contributed by atoms with E-state index in [0.29, 0.717) is 30.0 Å². The summed E-state index contributed by atoms with van der Waals surface area (Å²) in [6.07, 6.45) is 16.1. The monoisotopic (exact) mass is 551 g/mol. The van der Waals surface area contributed by atoms with Crippen molar-refractivity contribution >= 4 is 29.5 Å². The van der Waals surface area contributed by atoms with Crippen molar-refractivity contribution in [2.75, 3.05) is 12.3 Å². The number of nitrogens with zero attached hydrogens (tertiary/aromatic N) is 1. The van der Waals surface area contributed by atoms with Crippen LogP contribution in [0.1, 0.15) is 106 Å². The van der Waals surface area contributed by atoms with Crippen LogP contribution in [0.25, 0.3) is 0 Å². The highest BCUT2D eigenvalue weighted by Crippen LogP contribution is 2.61. The van der Waals surface area contributed by atoms with Crippen LogP contribution in [0.3, 0.4) is 0 Å². The number of carbonyl (C=O) groups is 3. The average Bonchev–Trinajstić information content (AvgIpc) is 3.22. The van der Waals surface area contributed by atoms with Crippen LogP contribution in [0, 0.1) is 23.2 Å². The van der Waals surface area contributed by atoms with Gasteiger partial charge in [0.1, 0.15) is 6.04 Å². The topological polar surface area (TPSA) is 78.5 Å². The van der Waals surface area contributed by atoms with Gasteiger partial charge in [-0.3, -0.25) is 19.7 Å². The summed E-state index contributed by atoms with van der Waals surface area (Å²) in [6.45, 7) is 4.09. The first-order valence-corrected chi connectivity index (χ1v) is 16.5. The number of nitrogens with one attached hydrogen (secondary N) is 2. The Bertz CT molecular complexity index is 1070. The summed E-state index contributed by atoms with van der Waals surface area (Å²) in [7, 11) is 0. The van der Waals surface area contributed by atoms with E-state index in [1.807, 2.05) is 23.9 Å². The highest BCUT2D eigenvalue weighted by molar-refractivity contribution is 7.99. The van der Waals surface area contributed by atoms with Crippen LogP contribution in [0.2, 0.25) is 0 Å². The maximum Gasteiger partial charge on any atom is 0.255 e. The lowest BCUT2D eigenvalue weighted by Gasteiger charge is -2.59. The second-order valence-electron chi connectivity index (χ2n) is 13.3. The van der Waals surface area contributed by atoms with Gasteiger partial charge in [-0.1, -0.05) is 19.3 Å². The Balaban J connectivity index is 0.858. The van der Waals surface area contributed by atoms with E-state index in [4.69, 9.17) is 0 Å². The van der Waals surface area contributed by atoms with Crippen LogP contribution in [-0.4, -0.2) is 47.0 Å². The Kier molecular flexibility index (Phi) is 8.09. The van der Waals surface area contributed by atoms with Gasteiger partial charge in [0.15, 0.2) is 0 Å². The fourth-order valence-electron chi connectivity index (χ4n) is 8.83. The molecule has 2 atom stereocenters. The van der Waals surface area contributed by atoms with Gasteiger partial charge in [-0.15, -0.1) is 11.8 Å². The highest BCUT2D eigenvalue weighted by Gasteiger charge is 2.52. The van der Waals surface area contributed by atoms with Crippen molar-refractivity contribution in [1.82, 2.24) is 15.5 Å². The van der Waals surface area contributed by atoms with Crippen LogP contribution in [0.15, 0.2) is 23.1 Å². The predicted octanol–water partition coefficient (Wildman–Crippen LogP) is 5.68. The Morgan fingerprint density at radius 3 is 2.41 bits per heavy atom. The molecule has 2 N–H and O–H groups in total. The zero-order chi connectivity index (χ0) is 27.0. The van der Waals surface area contributed by atoms with Crippen molar-refractivity contribution in [2.24, 2.45) is 23.2 Å². The van der Waals surface area contributed by atoms with Gasteiger partial charge in [0, 0.05) is 29.5 Å². The van der Waals surface area contributed by atoms with Crippen molar-refractivity contribution in [3.8, 4) is 0 Å². The normalized spacial score (nSPS) is 32.0. The molecule has 6 nitrogen and oxygen atoms in total. The van der Waals surface area contributed by atoms with Gasteiger partial charge in [-0.2, -0.15) is 0 Å². The average molecular weight is 552 g/mol. The summed E-state index contributed by atoms with van der Waals surface area (Å²) in [4.78, 5) is 39.4. The number of hydrogen-bond donors (Lipinski definition) is 2. The van der Waals surface area contributed by atoms with Gasteiger partial charge >= 0.3 is 0 Å². The number of benzene rings is 1. The maximum absolute atomic E-state index is 12.9.